The van der Waals surface area contributed by atoms with E-state index in [0.717, 1.165) is 19.1 Å². The minimum absolute atomic E-state index is 0. The van der Waals surface area contributed by atoms with Crippen molar-refractivity contribution in [1.82, 2.24) is 0 Å². The van der Waals surface area contributed by atoms with Crippen molar-refractivity contribution in [3.05, 3.63) is 0 Å². The molecule has 0 saturated carbocycles. The van der Waals surface area contributed by atoms with Gasteiger partial charge in [-0.1, -0.05) is 20.3 Å². The van der Waals surface area contributed by atoms with Crippen LogP contribution in [0, 0.1) is 5.92 Å². The quantitative estimate of drug-likeness (QED) is 0.402. The second kappa shape index (κ2) is 7.44. The van der Waals surface area contributed by atoms with Crippen molar-refractivity contribution >= 4 is 29.3 Å². The Balaban J connectivity index is 0. The van der Waals surface area contributed by atoms with Gasteiger partial charge in [-0.05, 0) is 6.42 Å². The first-order chi connectivity index (χ1) is 3.31. The van der Waals surface area contributed by atoms with Gasteiger partial charge in [-0.15, -0.1) is 0 Å². The van der Waals surface area contributed by atoms with Gasteiger partial charge in [0.1, 0.15) is 6.29 Å². The van der Waals surface area contributed by atoms with Gasteiger partial charge in [0.05, 0.1) is 0 Å². The zero-order valence-corrected chi connectivity index (χ0v) is 4.98. The lowest BCUT2D eigenvalue weighted by Crippen LogP contribution is -1.92. The molecule has 0 radical (unpaired) electrons. The molecule has 0 aliphatic carbocycles. The summed E-state index contributed by atoms with van der Waals surface area (Å²) >= 11 is 0. The maximum atomic E-state index is 9.89. The van der Waals surface area contributed by atoms with Gasteiger partial charge in [-0.3, -0.25) is 0 Å². The topological polar surface area (TPSA) is 17.1 Å². The van der Waals surface area contributed by atoms with E-state index in [4.69, 9.17) is 0 Å². The van der Waals surface area contributed by atoms with Crippen LogP contribution >= 0.6 is 0 Å². The number of hydrogen-bond acceptors (Lipinski definition) is 1. The first-order valence-corrected chi connectivity index (χ1v) is 2.76. The second-order valence-electron chi connectivity index (χ2n) is 1.90. The third-order valence-corrected chi connectivity index (χ3v) is 0.976. The van der Waals surface area contributed by atoms with E-state index in [9.17, 15) is 4.79 Å². The van der Waals surface area contributed by atoms with Gasteiger partial charge in [0.2, 0.25) is 0 Å². The Bertz CT molecular complexity index is 54.5. The minimum atomic E-state index is 0. The highest BCUT2D eigenvalue weighted by atomic mass is 24.3. The molecule has 0 saturated heterocycles. The van der Waals surface area contributed by atoms with Gasteiger partial charge in [-0.25, -0.2) is 0 Å². The highest BCUT2D eigenvalue weighted by molar-refractivity contribution is 5.75. The fourth-order valence-corrected chi connectivity index (χ4v) is 0.523. The molecule has 8 heavy (non-hydrogen) atoms. The first-order valence-electron chi connectivity index (χ1n) is 2.76. The fourth-order valence-electron chi connectivity index (χ4n) is 0.523. The molecule has 0 aromatic carbocycles. The fraction of sp³-hybridized carbons (Fsp3) is 0.833. The molecule has 1 nitrogen and oxygen atoms in total. The summed E-state index contributed by atoms with van der Waals surface area (Å²) < 4.78 is 0. The molecule has 0 amide bonds. The lowest BCUT2D eigenvalue weighted by Gasteiger charge is -1.94. The number of carbonyl (C=O) groups excluding carboxylic acids is 1. The summed E-state index contributed by atoms with van der Waals surface area (Å²) in [7, 11) is 0. The SMILES string of the molecule is CCCC(C)C=O.[MgH2]. The van der Waals surface area contributed by atoms with Crippen molar-refractivity contribution in [3.63, 3.8) is 0 Å². The number of aldehydes is 1. The predicted octanol–water partition coefficient (Wildman–Crippen LogP) is 0.705. The summed E-state index contributed by atoms with van der Waals surface area (Å²) in [5, 5.41) is 0. The van der Waals surface area contributed by atoms with Crippen molar-refractivity contribution in [2.45, 2.75) is 26.7 Å². The Labute approximate surface area is 67.0 Å². The van der Waals surface area contributed by atoms with Crippen LogP contribution in [0.15, 0.2) is 0 Å². The molecular weight excluding hydrogens is 112 g/mol. The molecule has 1 atom stereocenters. The molecule has 0 N–H and O–H groups in total. The summed E-state index contributed by atoms with van der Waals surface area (Å²) in [6.45, 7) is 4.02. The monoisotopic (exact) mass is 126 g/mol. The maximum absolute atomic E-state index is 9.89. The molecule has 0 rings (SSSR count). The van der Waals surface area contributed by atoms with E-state index in [-0.39, 0.29) is 29.0 Å². The molecule has 0 bridgehead atoms. The van der Waals surface area contributed by atoms with Crippen LogP contribution in [-0.4, -0.2) is 29.3 Å². The molecule has 0 aliphatic rings. The summed E-state index contributed by atoms with van der Waals surface area (Å²) in [5.41, 5.74) is 0. The molecule has 0 spiro atoms. The molecule has 0 heterocycles. The summed E-state index contributed by atoms with van der Waals surface area (Å²) in [4.78, 5) is 9.89. The average molecular weight is 126 g/mol. The van der Waals surface area contributed by atoms with Gasteiger partial charge in [0.25, 0.3) is 0 Å². The lowest BCUT2D eigenvalue weighted by molar-refractivity contribution is -0.110. The Morgan fingerprint density at radius 3 is 2.25 bits per heavy atom. The van der Waals surface area contributed by atoms with Crippen molar-refractivity contribution in [1.29, 1.82) is 0 Å². The van der Waals surface area contributed by atoms with E-state index >= 15 is 0 Å². The molecule has 0 aromatic heterocycles. The Morgan fingerprint density at radius 2 is 2.12 bits per heavy atom. The van der Waals surface area contributed by atoms with Gasteiger partial charge in [-0.2, -0.15) is 0 Å². The molecule has 2 heteroatoms. The molecular formula is C6H14MgO. The number of rotatable bonds is 3. The van der Waals surface area contributed by atoms with E-state index < -0.39 is 0 Å². The van der Waals surface area contributed by atoms with E-state index in [1.54, 1.807) is 0 Å². The number of hydrogen-bond donors (Lipinski definition) is 0. The van der Waals surface area contributed by atoms with Crippen molar-refractivity contribution in [3.8, 4) is 0 Å². The highest BCUT2D eigenvalue weighted by Gasteiger charge is 1.93. The first kappa shape index (κ1) is 11.3. The van der Waals surface area contributed by atoms with Crippen LogP contribution in [0.3, 0.4) is 0 Å². The Morgan fingerprint density at radius 1 is 1.62 bits per heavy atom. The zero-order chi connectivity index (χ0) is 5.70. The van der Waals surface area contributed by atoms with Crippen molar-refractivity contribution in [2.75, 3.05) is 0 Å². The van der Waals surface area contributed by atoms with Crippen LogP contribution in [0.5, 0.6) is 0 Å². The maximum Gasteiger partial charge on any atom is 0.316 e. The molecule has 1 unspecified atom stereocenters. The summed E-state index contributed by atoms with van der Waals surface area (Å²) in [5.74, 6) is 0.269. The second-order valence-corrected chi connectivity index (χ2v) is 1.90. The van der Waals surface area contributed by atoms with E-state index in [1.807, 2.05) is 6.92 Å². The number of carbonyl (C=O) groups is 1. The molecule has 0 fully saturated rings. The summed E-state index contributed by atoms with van der Waals surface area (Å²) in [6, 6.07) is 0. The van der Waals surface area contributed by atoms with Gasteiger partial charge in [0, 0.05) is 5.92 Å². The molecule has 0 aliphatic heterocycles. The lowest BCUT2D eigenvalue weighted by atomic mass is 10.1. The van der Waals surface area contributed by atoms with Gasteiger partial charge < -0.3 is 4.79 Å². The van der Waals surface area contributed by atoms with Crippen LogP contribution in [0.25, 0.3) is 0 Å². The van der Waals surface area contributed by atoms with Gasteiger partial charge in [0.15, 0.2) is 0 Å². The van der Waals surface area contributed by atoms with Gasteiger partial charge >= 0.3 is 23.1 Å². The van der Waals surface area contributed by atoms with Crippen LogP contribution in [0.1, 0.15) is 26.7 Å². The van der Waals surface area contributed by atoms with E-state index in [0.29, 0.717) is 0 Å². The Kier molecular flexibility index (Phi) is 10.5. The normalized spacial score (nSPS) is 11.8. The Hall–Kier alpha value is 0.436. The van der Waals surface area contributed by atoms with Crippen LogP contribution in [0.4, 0.5) is 0 Å². The van der Waals surface area contributed by atoms with Crippen LogP contribution in [-0.2, 0) is 4.79 Å². The third-order valence-electron chi connectivity index (χ3n) is 0.976. The van der Waals surface area contributed by atoms with Crippen molar-refractivity contribution < 1.29 is 4.79 Å². The zero-order valence-electron chi connectivity index (χ0n) is 4.98. The minimum Gasteiger partial charge on any atom is -0.303 e. The van der Waals surface area contributed by atoms with Crippen LogP contribution < -0.4 is 0 Å². The van der Waals surface area contributed by atoms with Crippen LogP contribution in [0.2, 0.25) is 0 Å². The van der Waals surface area contributed by atoms with Crippen molar-refractivity contribution in [2.24, 2.45) is 5.92 Å². The largest absolute Gasteiger partial charge is 0.316 e. The van der Waals surface area contributed by atoms with E-state index in [2.05, 4.69) is 6.92 Å². The average Bonchev–Trinajstić information content (AvgIpc) is 1.68. The predicted molar refractivity (Wildman–Crippen MR) is 38.7 cm³/mol. The molecule has 46 valence electrons. The third kappa shape index (κ3) is 6.44. The molecule has 0 aromatic rings. The highest BCUT2D eigenvalue weighted by Crippen LogP contribution is 1.98. The smallest absolute Gasteiger partial charge is 0.303 e. The summed E-state index contributed by atoms with van der Waals surface area (Å²) in [6.07, 6.45) is 3.15. The van der Waals surface area contributed by atoms with E-state index in [1.165, 1.54) is 0 Å². The standard InChI is InChI=1S/C6H12O.Mg.2H/c1-3-4-6(2)5-7;;;/h5-6H,3-4H2,1-2H3;;;.